The highest BCUT2D eigenvalue weighted by atomic mass is 19.4. The highest BCUT2D eigenvalue weighted by Gasteiger charge is 2.31. The third kappa shape index (κ3) is 5.05. The summed E-state index contributed by atoms with van der Waals surface area (Å²) in [6.07, 6.45) is -1.97. The molecule has 33 heavy (non-hydrogen) atoms. The molecule has 0 spiro atoms. The highest BCUT2D eigenvalue weighted by Crippen LogP contribution is 2.32. The maximum absolute atomic E-state index is 12.8. The van der Waals surface area contributed by atoms with E-state index in [1.165, 1.54) is 25.6 Å². The molecule has 1 amide bonds. The van der Waals surface area contributed by atoms with Crippen LogP contribution in [0.15, 0.2) is 48.8 Å². The molecule has 10 heteroatoms. The maximum Gasteiger partial charge on any atom is 0.573 e. The predicted molar refractivity (Wildman–Crippen MR) is 112 cm³/mol. The minimum atomic E-state index is -4.78. The summed E-state index contributed by atoms with van der Waals surface area (Å²) in [6, 6.07) is 10.0. The van der Waals surface area contributed by atoms with Crippen molar-refractivity contribution in [2.24, 2.45) is 0 Å². The average molecular weight is 459 g/mol. The largest absolute Gasteiger partial charge is 0.573 e. The van der Waals surface area contributed by atoms with E-state index in [-0.39, 0.29) is 17.6 Å². The Morgan fingerprint density at radius 1 is 1.00 bits per heavy atom. The lowest BCUT2D eigenvalue weighted by Gasteiger charge is -2.32. The summed E-state index contributed by atoms with van der Waals surface area (Å²) in [6.45, 7) is 0.964. The number of benzene rings is 2. The van der Waals surface area contributed by atoms with Crippen molar-refractivity contribution in [3.63, 3.8) is 0 Å². The summed E-state index contributed by atoms with van der Waals surface area (Å²) in [5.41, 5.74) is 2.20. The number of fused-ring (bicyclic) bond motifs is 1. The lowest BCUT2D eigenvalue weighted by atomic mass is 9.90. The van der Waals surface area contributed by atoms with E-state index < -0.39 is 12.3 Å². The van der Waals surface area contributed by atoms with E-state index in [4.69, 9.17) is 4.74 Å². The highest BCUT2D eigenvalue weighted by molar-refractivity contribution is 5.95. The SMILES string of the molecule is COC(=O)c1ccc2c(C3CCN(C(=O)c4ccc(OC(F)(F)F)cc4)CC3)ncnc2c1. The van der Waals surface area contributed by atoms with Crippen molar-refractivity contribution < 1.29 is 32.2 Å². The van der Waals surface area contributed by atoms with Crippen LogP contribution in [-0.2, 0) is 4.74 Å². The van der Waals surface area contributed by atoms with Crippen LogP contribution >= 0.6 is 0 Å². The second-order valence-corrected chi connectivity index (χ2v) is 7.62. The number of ether oxygens (including phenoxy) is 2. The number of hydrogen-bond acceptors (Lipinski definition) is 6. The third-order valence-electron chi connectivity index (χ3n) is 5.59. The van der Waals surface area contributed by atoms with Gasteiger partial charge in [0.1, 0.15) is 12.1 Å². The van der Waals surface area contributed by atoms with Crippen LogP contribution in [0.2, 0.25) is 0 Å². The van der Waals surface area contributed by atoms with Gasteiger partial charge in [-0.3, -0.25) is 4.79 Å². The van der Waals surface area contributed by atoms with Crippen molar-refractivity contribution in [2.75, 3.05) is 20.2 Å². The van der Waals surface area contributed by atoms with Gasteiger partial charge in [-0.25, -0.2) is 14.8 Å². The van der Waals surface area contributed by atoms with E-state index in [2.05, 4.69) is 14.7 Å². The van der Waals surface area contributed by atoms with Crippen molar-refractivity contribution in [3.8, 4) is 5.75 Å². The van der Waals surface area contributed by atoms with Gasteiger partial charge in [0.15, 0.2) is 0 Å². The van der Waals surface area contributed by atoms with Gasteiger partial charge in [-0.2, -0.15) is 0 Å². The van der Waals surface area contributed by atoms with Crippen LogP contribution in [0.3, 0.4) is 0 Å². The summed E-state index contributed by atoms with van der Waals surface area (Å²) in [4.78, 5) is 34.9. The number of carbonyl (C=O) groups excluding carboxylic acids is 2. The van der Waals surface area contributed by atoms with E-state index in [0.29, 0.717) is 42.6 Å². The number of methoxy groups -OCH3 is 1. The second kappa shape index (κ2) is 9.05. The van der Waals surface area contributed by atoms with Gasteiger partial charge >= 0.3 is 12.3 Å². The molecule has 0 aliphatic carbocycles. The van der Waals surface area contributed by atoms with Crippen LogP contribution in [-0.4, -0.2) is 53.3 Å². The van der Waals surface area contributed by atoms with Crippen molar-refractivity contribution in [2.45, 2.75) is 25.1 Å². The molecular weight excluding hydrogens is 439 g/mol. The lowest BCUT2D eigenvalue weighted by molar-refractivity contribution is -0.274. The number of nitrogens with zero attached hydrogens (tertiary/aromatic N) is 3. The number of carbonyl (C=O) groups is 2. The molecule has 2 aromatic carbocycles. The number of hydrogen-bond donors (Lipinski definition) is 0. The van der Waals surface area contributed by atoms with Gasteiger partial charge in [-0.1, -0.05) is 6.07 Å². The smallest absolute Gasteiger partial charge is 0.465 e. The molecular formula is C23H20F3N3O4. The number of likely N-dealkylation sites (tertiary alicyclic amines) is 1. The average Bonchev–Trinajstić information content (AvgIpc) is 2.82. The number of piperidine rings is 1. The Morgan fingerprint density at radius 2 is 1.67 bits per heavy atom. The Balaban J connectivity index is 1.44. The van der Waals surface area contributed by atoms with Gasteiger partial charge in [0.2, 0.25) is 0 Å². The van der Waals surface area contributed by atoms with Crippen LogP contribution in [0.1, 0.15) is 45.2 Å². The lowest BCUT2D eigenvalue weighted by Crippen LogP contribution is -2.38. The maximum atomic E-state index is 12.8. The zero-order chi connectivity index (χ0) is 23.6. The zero-order valence-corrected chi connectivity index (χ0v) is 17.6. The number of alkyl halides is 3. The first kappa shape index (κ1) is 22.5. The van der Waals surface area contributed by atoms with Gasteiger partial charge < -0.3 is 14.4 Å². The molecule has 2 heterocycles. The van der Waals surface area contributed by atoms with Crippen molar-refractivity contribution in [1.29, 1.82) is 0 Å². The number of amides is 1. The molecule has 1 fully saturated rings. The Bertz CT molecular complexity index is 1170. The molecule has 0 radical (unpaired) electrons. The minimum Gasteiger partial charge on any atom is -0.465 e. The van der Waals surface area contributed by atoms with E-state index >= 15 is 0 Å². The van der Waals surface area contributed by atoms with Gasteiger partial charge in [0, 0.05) is 30.0 Å². The molecule has 7 nitrogen and oxygen atoms in total. The summed E-state index contributed by atoms with van der Waals surface area (Å²) in [5.74, 6) is -0.959. The summed E-state index contributed by atoms with van der Waals surface area (Å²) in [7, 11) is 1.32. The van der Waals surface area contributed by atoms with Crippen LogP contribution < -0.4 is 4.74 Å². The summed E-state index contributed by atoms with van der Waals surface area (Å²) < 4.78 is 45.5. The number of halogens is 3. The molecule has 0 bridgehead atoms. The van der Waals surface area contributed by atoms with E-state index in [1.807, 2.05) is 0 Å². The monoisotopic (exact) mass is 459 g/mol. The van der Waals surface area contributed by atoms with Crippen molar-refractivity contribution in [1.82, 2.24) is 14.9 Å². The first-order chi connectivity index (χ1) is 15.7. The summed E-state index contributed by atoms with van der Waals surface area (Å²) >= 11 is 0. The first-order valence-electron chi connectivity index (χ1n) is 10.2. The Morgan fingerprint density at radius 3 is 2.30 bits per heavy atom. The van der Waals surface area contributed by atoms with Crippen molar-refractivity contribution >= 4 is 22.8 Å². The molecule has 1 aromatic heterocycles. The molecule has 1 saturated heterocycles. The number of esters is 1. The minimum absolute atomic E-state index is 0.103. The Hall–Kier alpha value is -3.69. The molecule has 4 rings (SSSR count). The molecule has 3 aromatic rings. The zero-order valence-electron chi connectivity index (χ0n) is 17.6. The number of aromatic nitrogens is 2. The molecule has 0 saturated carbocycles. The molecule has 172 valence electrons. The van der Waals surface area contributed by atoms with Crippen LogP contribution in [0.4, 0.5) is 13.2 Å². The summed E-state index contributed by atoms with van der Waals surface area (Å²) in [5, 5.41) is 0.843. The molecule has 0 unspecified atom stereocenters. The van der Waals surface area contributed by atoms with Crippen LogP contribution in [0.25, 0.3) is 10.9 Å². The fourth-order valence-corrected chi connectivity index (χ4v) is 3.99. The quantitative estimate of drug-likeness (QED) is 0.540. The molecule has 1 aliphatic heterocycles. The first-order valence-corrected chi connectivity index (χ1v) is 10.2. The fourth-order valence-electron chi connectivity index (χ4n) is 3.99. The third-order valence-corrected chi connectivity index (χ3v) is 5.59. The molecule has 0 atom stereocenters. The van der Waals surface area contributed by atoms with Gasteiger partial charge in [0.25, 0.3) is 5.91 Å². The van der Waals surface area contributed by atoms with Crippen LogP contribution in [0.5, 0.6) is 5.75 Å². The Labute approximate surface area is 187 Å². The molecule has 1 aliphatic rings. The molecule has 0 N–H and O–H groups in total. The predicted octanol–water partition coefficient (Wildman–Crippen LogP) is 4.33. The fraction of sp³-hybridized carbons (Fsp3) is 0.304. The normalized spacial score (nSPS) is 14.8. The van der Waals surface area contributed by atoms with Crippen LogP contribution in [0, 0.1) is 0 Å². The van der Waals surface area contributed by atoms with Gasteiger partial charge in [0.05, 0.1) is 23.9 Å². The topological polar surface area (TPSA) is 81.6 Å². The van der Waals surface area contributed by atoms with Crippen molar-refractivity contribution in [3.05, 3.63) is 65.6 Å². The van der Waals surface area contributed by atoms with E-state index in [9.17, 15) is 22.8 Å². The van der Waals surface area contributed by atoms with Gasteiger partial charge in [-0.15, -0.1) is 13.2 Å². The Kier molecular flexibility index (Phi) is 6.17. The van der Waals surface area contributed by atoms with E-state index in [0.717, 1.165) is 23.2 Å². The van der Waals surface area contributed by atoms with Gasteiger partial charge in [-0.05, 0) is 49.2 Å². The second-order valence-electron chi connectivity index (χ2n) is 7.62. The van der Waals surface area contributed by atoms with E-state index in [1.54, 1.807) is 23.1 Å². The standard InChI is InChI=1S/C23H20F3N3O4/c1-32-22(31)16-4-7-18-19(12-16)27-13-28-20(18)14-8-10-29(11-9-14)21(30)15-2-5-17(6-3-15)33-23(24,25)26/h2-7,12-14H,8-11H2,1H3. The number of rotatable bonds is 4.